The van der Waals surface area contributed by atoms with Crippen molar-refractivity contribution in [2.75, 3.05) is 13.2 Å². The van der Waals surface area contributed by atoms with Crippen LogP contribution in [0.3, 0.4) is 0 Å². The van der Waals surface area contributed by atoms with Gasteiger partial charge in [0, 0.05) is 6.54 Å². The molecule has 1 aromatic rings. The lowest BCUT2D eigenvalue weighted by Crippen LogP contribution is -2.40. The van der Waals surface area contributed by atoms with Gasteiger partial charge in [0.2, 0.25) is 0 Å². The zero-order valence-electron chi connectivity index (χ0n) is 10.2. The van der Waals surface area contributed by atoms with Gasteiger partial charge < -0.3 is 21.0 Å². The minimum absolute atomic E-state index is 0.166. The van der Waals surface area contributed by atoms with Gasteiger partial charge in [-0.25, -0.2) is 0 Å². The third kappa shape index (κ3) is 4.74. The average Bonchev–Trinajstić information content (AvgIpc) is 2.33. The maximum absolute atomic E-state index is 8.46. The Morgan fingerprint density at radius 3 is 3.00 bits per heavy atom. The molecular weight excluding hydrogens is 218 g/mol. The third-order valence-electron chi connectivity index (χ3n) is 2.37. The van der Waals surface area contributed by atoms with Crippen LogP contribution >= 0.6 is 0 Å². The van der Waals surface area contributed by atoms with E-state index in [0.717, 1.165) is 5.75 Å². The van der Waals surface area contributed by atoms with Gasteiger partial charge in [-0.15, -0.1) is 0 Å². The van der Waals surface area contributed by atoms with Gasteiger partial charge in [0.1, 0.15) is 12.4 Å². The van der Waals surface area contributed by atoms with Crippen molar-refractivity contribution in [2.24, 2.45) is 10.9 Å². The maximum atomic E-state index is 8.46. The summed E-state index contributed by atoms with van der Waals surface area (Å²) < 4.78 is 5.54. The second-order valence-electron chi connectivity index (χ2n) is 3.87. The molecule has 0 aliphatic rings. The summed E-state index contributed by atoms with van der Waals surface area (Å²) in [5.41, 5.74) is 6.59. The van der Waals surface area contributed by atoms with Gasteiger partial charge in [-0.2, -0.15) is 0 Å². The molecule has 0 aliphatic carbocycles. The second kappa shape index (κ2) is 6.75. The number of hydrogen-bond donors (Lipinski definition) is 3. The molecule has 0 radical (unpaired) electrons. The molecule has 94 valence electrons. The van der Waals surface area contributed by atoms with Crippen molar-refractivity contribution in [1.82, 2.24) is 5.32 Å². The van der Waals surface area contributed by atoms with Crippen molar-refractivity contribution in [3.8, 4) is 5.75 Å². The van der Waals surface area contributed by atoms with Crippen molar-refractivity contribution >= 4 is 5.84 Å². The van der Waals surface area contributed by atoms with Gasteiger partial charge in [-0.1, -0.05) is 17.3 Å². The molecule has 0 aliphatic heterocycles. The number of nitrogens with zero attached hydrogens (tertiary/aromatic N) is 1. The number of nitrogens with one attached hydrogen (secondary N) is 1. The summed E-state index contributed by atoms with van der Waals surface area (Å²) in [6.45, 7) is 5.01. The van der Waals surface area contributed by atoms with Gasteiger partial charge in [0.15, 0.2) is 5.84 Å². The van der Waals surface area contributed by atoms with Crippen LogP contribution in [-0.2, 0) is 0 Å². The van der Waals surface area contributed by atoms with Crippen molar-refractivity contribution in [1.29, 1.82) is 0 Å². The van der Waals surface area contributed by atoms with Crippen LogP contribution in [0.2, 0.25) is 0 Å². The number of nitrogens with two attached hydrogens (primary N) is 1. The van der Waals surface area contributed by atoms with E-state index in [1.54, 1.807) is 0 Å². The largest absolute Gasteiger partial charge is 0.492 e. The van der Waals surface area contributed by atoms with Crippen LogP contribution < -0.4 is 15.8 Å². The van der Waals surface area contributed by atoms with Gasteiger partial charge in [0.05, 0.1) is 6.04 Å². The summed E-state index contributed by atoms with van der Waals surface area (Å²) in [7, 11) is 0. The Bertz CT molecular complexity index is 380. The molecular formula is C12H19N3O2. The van der Waals surface area contributed by atoms with Crippen LogP contribution in [-0.4, -0.2) is 30.2 Å². The lowest BCUT2D eigenvalue weighted by molar-refractivity contribution is 0.305. The average molecular weight is 237 g/mol. The molecule has 17 heavy (non-hydrogen) atoms. The quantitative estimate of drug-likeness (QED) is 0.227. The van der Waals surface area contributed by atoms with E-state index < -0.39 is 0 Å². The van der Waals surface area contributed by atoms with Crippen LogP contribution in [0.1, 0.15) is 12.5 Å². The molecule has 0 spiro atoms. The number of benzene rings is 1. The monoisotopic (exact) mass is 237 g/mol. The van der Waals surface area contributed by atoms with Crippen LogP contribution in [0.4, 0.5) is 0 Å². The van der Waals surface area contributed by atoms with Crippen molar-refractivity contribution in [2.45, 2.75) is 19.9 Å². The molecule has 0 bridgehead atoms. The van der Waals surface area contributed by atoms with E-state index in [0.29, 0.717) is 13.2 Å². The first kappa shape index (κ1) is 13.3. The fourth-order valence-electron chi connectivity index (χ4n) is 1.34. The highest BCUT2D eigenvalue weighted by atomic mass is 16.5. The summed E-state index contributed by atoms with van der Waals surface area (Å²) in [5.74, 6) is 1.02. The summed E-state index contributed by atoms with van der Waals surface area (Å²) >= 11 is 0. The normalized spacial score (nSPS) is 13.4. The molecule has 1 atom stereocenters. The highest BCUT2D eigenvalue weighted by Gasteiger charge is 2.05. The summed E-state index contributed by atoms with van der Waals surface area (Å²) in [4.78, 5) is 0. The van der Waals surface area contributed by atoms with E-state index in [1.807, 2.05) is 38.1 Å². The third-order valence-corrected chi connectivity index (χ3v) is 2.37. The Labute approximate surface area is 101 Å². The highest BCUT2D eigenvalue weighted by Crippen LogP contribution is 2.11. The predicted octanol–water partition coefficient (Wildman–Crippen LogP) is 1.10. The Hall–Kier alpha value is -1.75. The number of ether oxygens (including phenoxy) is 1. The van der Waals surface area contributed by atoms with Gasteiger partial charge in [-0.05, 0) is 31.5 Å². The number of rotatable bonds is 6. The molecule has 0 heterocycles. The van der Waals surface area contributed by atoms with E-state index in [-0.39, 0.29) is 11.9 Å². The molecule has 5 heteroatoms. The first-order valence-corrected chi connectivity index (χ1v) is 5.53. The van der Waals surface area contributed by atoms with E-state index in [9.17, 15) is 0 Å². The second-order valence-corrected chi connectivity index (χ2v) is 3.87. The van der Waals surface area contributed by atoms with Crippen LogP contribution in [0.5, 0.6) is 5.75 Å². The Balaban J connectivity index is 2.25. The molecule has 0 aromatic heterocycles. The minimum atomic E-state index is -0.166. The summed E-state index contributed by atoms with van der Waals surface area (Å²) in [5, 5.41) is 14.5. The van der Waals surface area contributed by atoms with Gasteiger partial charge in [0.25, 0.3) is 0 Å². The lowest BCUT2D eigenvalue weighted by atomic mass is 10.2. The number of hydrogen-bond acceptors (Lipinski definition) is 4. The number of oxime groups is 1. The summed E-state index contributed by atoms with van der Waals surface area (Å²) in [6, 6.07) is 7.71. The van der Waals surface area contributed by atoms with E-state index in [1.165, 1.54) is 5.56 Å². The maximum Gasteiger partial charge on any atom is 0.156 e. The molecule has 1 rings (SSSR count). The van der Waals surface area contributed by atoms with Crippen molar-refractivity contribution < 1.29 is 9.94 Å². The molecule has 0 amide bonds. The smallest absolute Gasteiger partial charge is 0.156 e. The van der Waals surface area contributed by atoms with E-state index >= 15 is 0 Å². The number of aryl methyl sites for hydroxylation is 1. The highest BCUT2D eigenvalue weighted by molar-refractivity contribution is 5.84. The standard InChI is InChI=1S/C12H19N3O2/c1-9-4-3-5-11(8-9)17-7-6-14-10(2)12(13)15-16/h3-5,8,10,14,16H,6-7H2,1-2H3,(H2,13,15). The fourth-order valence-corrected chi connectivity index (χ4v) is 1.34. The van der Waals surface area contributed by atoms with Crippen LogP contribution in [0, 0.1) is 6.92 Å². The minimum Gasteiger partial charge on any atom is -0.492 e. The van der Waals surface area contributed by atoms with Gasteiger partial charge in [-0.3, -0.25) is 0 Å². The molecule has 0 saturated carbocycles. The predicted molar refractivity (Wildman–Crippen MR) is 67.5 cm³/mol. The SMILES string of the molecule is Cc1cccc(OCCNC(C)C(N)=NO)c1. The molecule has 0 saturated heterocycles. The molecule has 1 unspecified atom stereocenters. The topological polar surface area (TPSA) is 79.9 Å². The van der Waals surface area contributed by atoms with Crippen LogP contribution in [0.25, 0.3) is 0 Å². The first-order valence-electron chi connectivity index (χ1n) is 5.53. The Kier molecular flexibility index (Phi) is 5.29. The van der Waals surface area contributed by atoms with E-state index in [4.69, 9.17) is 15.7 Å². The number of amidine groups is 1. The lowest BCUT2D eigenvalue weighted by Gasteiger charge is -2.12. The molecule has 4 N–H and O–H groups in total. The van der Waals surface area contributed by atoms with Crippen molar-refractivity contribution in [3.05, 3.63) is 29.8 Å². The zero-order valence-corrected chi connectivity index (χ0v) is 10.2. The molecule has 5 nitrogen and oxygen atoms in total. The van der Waals surface area contributed by atoms with Crippen molar-refractivity contribution in [3.63, 3.8) is 0 Å². The first-order chi connectivity index (χ1) is 8.13. The zero-order chi connectivity index (χ0) is 12.7. The molecule has 0 fully saturated rings. The fraction of sp³-hybridized carbons (Fsp3) is 0.417. The Morgan fingerprint density at radius 1 is 1.59 bits per heavy atom. The summed E-state index contributed by atoms with van der Waals surface area (Å²) in [6.07, 6.45) is 0. The Morgan fingerprint density at radius 2 is 2.35 bits per heavy atom. The van der Waals surface area contributed by atoms with Gasteiger partial charge >= 0.3 is 0 Å². The van der Waals surface area contributed by atoms with E-state index in [2.05, 4.69) is 10.5 Å². The van der Waals surface area contributed by atoms with Crippen LogP contribution in [0.15, 0.2) is 29.4 Å². The molecule has 1 aromatic carbocycles.